The first-order valence-corrected chi connectivity index (χ1v) is 12.6. The van der Waals surface area contributed by atoms with Crippen molar-refractivity contribution >= 4 is 29.3 Å². The maximum Gasteiger partial charge on any atom is 0.490 e. The number of phosphoric acid groups is 3. The van der Waals surface area contributed by atoms with Crippen molar-refractivity contribution in [3.8, 4) is 0 Å². The minimum absolute atomic E-state index is 0.0316. The smallest absolute Gasteiger partial charge is 0.390 e. The molecule has 2 unspecified atom stereocenters. The number of nitrogen functional groups attached to an aromatic ring is 1. The summed E-state index contributed by atoms with van der Waals surface area (Å²) in [7, 11) is -15.2. The van der Waals surface area contributed by atoms with Crippen LogP contribution in [0.15, 0.2) is 11.0 Å². The van der Waals surface area contributed by atoms with Crippen LogP contribution in [0.4, 0.5) is 5.82 Å². The predicted octanol–water partition coefficient (Wildman–Crippen LogP) is -1.04. The number of nitrogens with zero attached hydrogens (tertiary/aromatic N) is 2. The van der Waals surface area contributed by atoms with Gasteiger partial charge in [-0.25, -0.2) is 18.5 Å². The summed E-state index contributed by atoms with van der Waals surface area (Å²) in [5.74, 6) is -0.0640. The van der Waals surface area contributed by atoms with E-state index in [1.54, 1.807) is 0 Å². The monoisotopic (exact) mass is 511 g/mol. The van der Waals surface area contributed by atoms with E-state index in [4.69, 9.17) is 29.9 Å². The van der Waals surface area contributed by atoms with Gasteiger partial charge in [0.25, 0.3) is 0 Å². The highest BCUT2D eigenvalue weighted by atomic mass is 31.3. The molecule has 1 aromatic rings. The second kappa shape index (κ2) is 9.85. The lowest BCUT2D eigenvalue weighted by molar-refractivity contribution is -0.0451. The largest absolute Gasteiger partial charge is 0.490 e. The number of phosphoric ester groups is 1. The summed E-state index contributed by atoms with van der Waals surface area (Å²) >= 11 is 0. The minimum atomic E-state index is -5.68. The van der Waals surface area contributed by atoms with Crippen molar-refractivity contribution in [1.82, 2.24) is 9.55 Å². The van der Waals surface area contributed by atoms with Gasteiger partial charge in [-0.1, -0.05) is 0 Å². The zero-order valence-corrected chi connectivity index (χ0v) is 18.3. The Morgan fingerprint density at radius 1 is 1.23 bits per heavy atom. The molecule has 0 aliphatic carbocycles. The zero-order valence-electron chi connectivity index (χ0n) is 15.7. The SMILES string of the molecule is COCc1cn([C@H]2C[C@H](O)[C@@H](COP(=O)(O)OP(=O)(O)OP(=O)(O)O)O2)c(=O)nc1N. The van der Waals surface area contributed by atoms with Crippen molar-refractivity contribution in [1.29, 1.82) is 0 Å². The lowest BCUT2D eigenvalue weighted by atomic mass is 10.2. The number of hydrogen-bond acceptors (Lipinski definition) is 12. The third-order valence-electron chi connectivity index (χ3n) is 3.69. The Kier molecular flexibility index (Phi) is 8.33. The van der Waals surface area contributed by atoms with Crippen LogP contribution in [0.1, 0.15) is 18.2 Å². The highest BCUT2D eigenvalue weighted by Gasteiger charge is 2.43. The van der Waals surface area contributed by atoms with Gasteiger partial charge in [0.05, 0.1) is 19.3 Å². The molecule has 0 aromatic carbocycles. The van der Waals surface area contributed by atoms with Crippen LogP contribution < -0.4 is 11.4 Å². The van der Waals surface area contributed by atoms with Crippen molar-refractivity contribution in [2.75, 3.05) is 19.5 Å². The average Bonchev–Trinajstić information content (AvgIpc) is 2.93. The first-order valence-electron chi connectivity index (χ1n) is 8.11. The van der Waals surface area contributed by atoms with Gasteiger partial charge in [0.2, 0.25) is 0 Å². The number of aliphatic hydroxyl groups is 1. The van der Waals surface area contributed by atoms with Gasteiger partial charge >= 0.3 is 29.2 Å². The van der Waals surface area contributed by atoms with E-state index in [2.05, 4.69) is 18.1 Å². The molecular weight excluding hydrogens is 491 g/mol. The van der Waals surface area contributed by atoms with Gasteiger partial charge in [-0.15, -0.1) is 0 Å². The van der Waals surface area contributed by atoms with Crippen LogP contribution in [0, 0.1) is 0 Å². The second-order valence-electron chi connectivity index (χ2n) is 6.09. The molecule has 2 rings (SSSR count). The van der Waals surface area contributed by atoms with Gasteiger partial charge < -0.3 is 39.9 Å². The number of methoxy groups -OCH3 is 1. The summed E-state index contributed by atoms with van der Waals surface area (Å²) < 4.78 is 56.6. The lowest BCUT2D eigenvalue weighted by Crippen LogP contribution is -2.29. The molecule has 1 fully saturated rings. The molecule has 1 aliphatic rings. The predicted molar refractivity (Wildman–Crippen MR) is 98.0 cm³/mol. The first-order chi connectivity index (χ1) is 14.1. The first kappa shape index (κ1) is 26.2. The van der Waals surface area contributed by atoms with E-state index in [9.17, 15) is 28.5 Å². The van der Waals surface area contributed by atoms with Crippen molar-refractivity contribution in [2.24, 2.45) is 0 Å². The van der Waals surface area contributed by atoms with Crippen LogP contribution >= 0.6 is 23.5 Å². The Morgan fingerprint density at radius 2 is 1.87 bits per heavy atom. The molecular formula is C11H20N3O14P3. The van der Waals surface area contributed by atoms with Crippen molar-refractivity contribution < 1.29 is 61.0 Å². The number of rotatable bonds is 10. The Hall–Kier alpha value is -1.03. The molecule has 0 bridgehead atoms. The maximum absolute atomic E-state index is 12.1. The van der Waals surface area contributed by atoms with E-state index < -0.39 is 54.2 Å². The van der Waals surface area contributed by atoms with E-state index in [1.807, 2.05) is 0 Å². The molecule has 1 aromatic heterocycles. The van der Waals surface area contributed by atoms with E-state index in [0.29, 0.717) is 5.56 Å². The molecule has 0 spiro atoms. The van der Waals surface area contributed by atoms with Crippen LogP contribution in [0.3, 0.4) is 0 Å². The van der Waals surface area contributed by atoms with E-state index in [1.165, 1.54) is 13.3 Å². The summed E-state index contributed by atoms with van der Waals surface area (Å²) in [5, 5.41) is 10.1. The highest BCUT2D eigenvalue weighted by molar-refractivity contribution is 7.66. The molecule has 178 valence electrons. The average molecular weight is 511 g/mol. The molecule has 7 N–H and O–H groups in total. The molecule has 0 amide bonds. The third kappa shape index (κ3) is 7.80. The number of nitrogens with two attached hydrogens (primary N) is 1. The number of anilines is 1. The Bertz CT molecular complexity index is 993. The topological polar surface area (TPSA) is 259 Å². The normalized spacial score (nSPS) is 25.8. The number of aliphatic hydroxyl groups excluding tert-OH is 1. The van der Waals surface area contributed by atoms with Crippen LogP contribution in [-0.4, -0.2) is 60.2 Å². The molecule has 0 radical (unpaired) electrons. The third-order valence-corrected chi connectivity index (χ3v) is 7.50. The second-order valence-corrected chi connectivity index (χ2v) is 10.5. The van der Waals surface area contributed by atoms with Crippen LogP contribution in [0.2, 0.25) is 0 Å². The summed E-state index contributed by atoms with van der Waals surface area (Å²) in [6.07, 6.45) is -2.54. The summed E-state index contributed by atoms with van der Waals surface area (Å²) in [6, 6.07) is 0. The van der Waals surface area contributed by atoms with E-state index >= 15 is 0 Å². The quantitative estimate of drug-likeness (QED) is 0.205. The molecule has 0 saturated carbocycles. The van der Waals surface area contributed by atoms with Crippen molar-refractivity contribution in [3.05, 3.63) is 22.2 Å². The highest BCUT2D eigenvalue weighted by Crippen LogP contribution is 2.66. The number of aromatic nitrogens is 2. The zero-order chi connectivity index (χ0) is 23.6. The number of hydrogen-bond donors (Lipinski definition) is 6. The van der Waals surface area contributed by atoms with Gasteiger partial charge in [-0.05, 0) is 0 Å². The van der Waals surface area contributed by atoms with E-state index in [0.717, 1.165) is 4.57 Å². The van der Waals surface area contributed by atoms with Gasteiger partial charge in [-0.3, -0.25) is 9.09 Å². The maximum atomic E-state index is 12.1. The van der Waals surface area contributed by atoms with Gasteiger partial charge in [-0.2, -0.15) is 13.6 Å². The van der Waals surface area contributed by atoms with Crippen molar-refractivity contribution in [2.45, 2.75) is 31.5 Å². The Balaban J connectivity index is 2.05. The van der Waals surface area contributed by atoms with Crippen LogP contribution in [0.25, 0.3) is 0 Å². The molecule has 5 atom stereocenters. The van der Waals surface area contributed by atoms with Crippen molar-refractivity contribution in [3.63, 3.8) is 0 Å². The Labute approximate surface area is 173 Å². The summed E-state index contributed by atoms with van der Waals surface area (Å²) in [6.45, 7) is -0.840. The fourth-order valence-corrected chi connectivity index (χ4v) is 5.53. The molecule has 2 heterocycles. The van der Waals surface area contributed by atoms with E-state index in [-0.39, 0.29) is 18.8 Å². The molecule has 1 aliphatic heterocycles. The van der Waals surface area contributed by atoms with Gasteiger partial charge in [0.1, 0.15) is 18.1 Å². The summed E-state index contributed by atoms with van der Waals surface area (Å²) in [4.78, 5) is 51.2. The van der Waals surface area contributed by atoms with Crippen LogP contribution in [-0.2, 0) is 42.9 Å². The summed E-state index contributed by atoms with van der Waals surface area (Å²) in [5.41, 5.74) is 5.18. The fourth-order valence-electron chi connectivity index (χ4n) is 2.50. The minimum Gasteiger partial charge on any atom is -0.390 e. The molecule has 1 saturated heterocycles. The standard InChI is InChI=1S/C11H20N3O14P3/c1-24-4-6-3-14(11(16)13-10(6)12)9-2-7(15)8(26-9)5-25-30(20,21)28-31(22,23)27-29(17,18)19/h3,7-9,15H,2,4-5H2,1H3,(H,20,21)(H,22,23)(H2,12,13,16)(H2,17,18,19)/t7-,8+,9+/m0/s1. The van der Waals surface area contributed by atoms with Gasteiger partial charge in [0.15, 0.2) is 0 Å². The van der Waals surface area contributed by atoms with Crippen LogP contribution in [0.5, 0.6) is 0 Å². The molecule has 17 nitrogen and oxygen atoms in total. The fraction of sp³-hybridized carbons (Fsp3) is 0.636. The van der Waals surface area contributed by atoms with Gasteiger partial charge in [0, 0.05) is 25.3 Å². The lowest BCUT2D eigenvalue weighted by Gasteiger charge is -2.19. The molecule has 20 heteroatoms. The Morgan fingerprint density at radius 3 is 2.45 bits per heavy atom. The molecule has 31 heavy (non-hydrogen) atoms. The number of ether oxygens (including phenoxy) is 2.